The minimum atomic E-state index is -1.04. The summed E-state index contributed by atoms with van der Waals surface area (Å²) in [7, 11) is 1.39. The molecule has 3 aromatic carbocycles. The predicted octanol–water partition coefficient (Wildman–Crippen LogP) is 4.23. The number of nitrogens with zero attached hydrogens (tertiary/aromatic N) is 2. The van der Waals surface area contributed by atoms with Gasteiger partial charge in [0.2, 0.25) is 0 Å². The fourth-order valence-electron chi connectivity index (χ4n) is 3.47. The summed E-state index contributed by atoms with van der Waals surface area (Å²) in [5.74, 6) is -2.12. The molecular formula is C27H27FN4O6. The van der Waals surface area contributed by atoms with Gasteiger partial charge in [-0.25, -0.2) is 9.82 Å². The van der Waals surface area contributed by atoms with E-state index in [1.54, 1.807) is 13.8 Å². The second kappa shape index (κ2) is 12.9. The van der Waals surface area contributed by atoms with E-state index in [2.05, 4.69) is 15.8 Å². The molecule has 0 radical (unpaired) electrons. The Labute approximate surface area is 218 Å². The molecule has 0 fully saturated rings. The normalized spacial score (nSPS) is 11.7. The van der Waals surface area contributed by atoms with E-state index in [-0.39, 0.29) is 40.8 Å². The van der Waals surface area contributed by atoms with Crippen LogP contribution in [0, 0.1) is 21.8 Å². The summed E-state index contributed by atoms with van der Waals surface area (Å²) in [6.07, 6.45) is 1.09. The molecule has 0 bridgehead atoms. The quantitative estimate of drug-likeness (QED) is 0.220. The third-order valence-corrected chi connectivity index (χ3v) is 5.48. The molecule has 1 atom stereocenters. The van der Waals surface area contributed by atoms with Crippen LogP contribution in [0.5, 0.6) is 11.5 Å². The first-order chi connectivity index (χ1) is 18.2. The van der Waals surface area contributed by atoms with Crippen molar-refractivity contribution in [2.75, 3.05) is 7.11 Å². The van der Waals surface area contributed by atoms with E-state index in [4.69, 9.17) is 9.47 Å². The number of hydrogen-bond acceptors (Lipinski definition) is 7. The van der Waals surface area contributed by atoms with E-state index in [0.717, 1.165) is 17.8 Å². The lowest BCUT2D eigenvalue weighted by Crippen LogP contribution is -2.48. The van der Waals surface area contributed by atoms with Crippen LogP contribution in [-0.2, 0) is 11.4 Å². The highest BCUT2D eigenvalue weighted by Crippen LogP contribution is 2.34. The third kappa shape index (κ3) is 7.12. The van der Waals surface area contributed by atoms with Crippen LogP contribution in [0.4, 0.5) is 10.1 Å². The number of nitro groups is 1. The monoisotopic (exact) mass is 522 g/mol. The maximum absolute atomic E-state index is 14.0. The van der Waals surface area contributed by atoms with Crippen molar-refractivity contribution in [1.29, 1.82) is 0 Å². The van der Waals surface area contributed by atoms with E-state index in [0.29, 0.717) is 0 Å². The number of hydrogen-bond donors (Lipinski definition) is 2. The Morgan fingerprint density at radius 2 is 1.76 bits per heavy atom. The van der Waals surface area contributed by atoms with Crippen LogP contribution in [0.3, 0.4) is 0 Å². The lowest BCUT2D eigenvalue weighted by molar-refractivity contribution is -0.385. The lowest BCUT2D eigenvalue weighted by atomic mass is 10.0. The van der Waals surface area contributed by atoms with Gasteiger partial charge in [-0.1, -0.05) is 56.3 Å². The maximum atomic E-state index is 14.0. The Morgan fingerprint density at radius 1 is 1.08 bits per heavy atom. The van der Waals surface area contributed by atoms with Crippen LogP contribution < -0.4 is 20.2 Å². The molecule has 0 heterocycles. The number of benzene rings is 3. The molecule has 0 saturated heterocycles. The zero-order valence-corrected chi connectivity index (χ0v) is 21.0. The first kappa shape index (κ1) is 27.8. The third-order valence-electron chi connectivity index (χ3n) is 5.48. The summed E-state index contributed by atoms with van der Waals surface area (Å²) in [6.45, 7) is 3.56. The Balaban J connectivity index is 1.75. The number of rotatable bonds is 11. The van der Waals surface area contributed by atoms with Gasteiger partial charge in [0.15, 0.2) is 11.5 Å². The number of hydrazone groups is 1. The number of amides is 2. The minimum absolute atomic E-state index is 0.0516. The van der Waals surface area contributed by atoms with Crippen molar-refractivity contribution in [2.45, 2.75) is 26.5 Å². The molecule has 10 nitrogen and oxygen atoms in total. The number of nitro benzene ring substituents is 1. The molecule has 0 spiro atoms. The molecule has 0 aromatic heterocycles. The van der Waals surface area contributed by atoms with Gasteiger partial charge in [0.05, 0.1) is 35.4 Å². The standard InChI is InChI=1S/C27H27FN4O6/c1-17(2)25(30-26(33)20-11-7-8-12-21(20)28)27(34)31-29-15-19-13-23(37-3)24(14-22(19)32(35)36)38-16-18-9-5-4-6-10-18/h4-15,17,25H,16H2,1-3H3,(H,30,33)(H,31,34). The van der Waals surface area contributed by atoms with Crippen molar-refractivity contribution >= 4 is 23.7 Å². The van der Waals surface area contributed by atoms with E-state index < -0.39 is 28.6 Å². The first-order valence-corrected chi connectivity index (χ1v) is 11.6. The Hall–Kier alpha value is -4.80. The molecule has 0 saturated carbocycles. The highest BCUT2D eigenvalue weighted by atomic mass is 19.1. The van der Waals surface area contributed by atoms with E-state index in [1.165, 1.54) is 37.4 Å². The highest BCUT2D eigenvalue weighted by molar-refractivity contribution is 5.98. The molecule has 1 unspecified atom stereocenters. The maximum Gasteiger partial charge on any atom is 0.282 e. The molecule has 3 aromatic rings. The zero-order valence-electron chi connectivity index (χ0n) is 21.0. The smallest absolute Gasteiger partial charge is 0.282 e. The molecule has 2 N–H and O–H groups in total. The Morgan fingerprint density at radius 3 is 2.39 bits per heavy atom. The van der Waals surface area contributed by atoms with Crippen LogP contribution in [0.15, 0.2) is 71.8 Å². The number of ether oxygens (including phenoxy) is 2. The van der Waals surface area contributed by atoms with Crippen molar-refractivity contribution in [3.8, 4) is 11.5 Å². The second-order valence-electron chi connectivity index (χ2n) is 8.50. The van der Waals surface area contributed by atoms with E-state index in [1.807, 2.05) is 30.3 Å². The summed E-state index contributed by atoms with van der Waals surface area (Å²) >= 11 is 0. The summed E-state index contributed by atoms with van der Waals surface area (Å²) in [4.78, 5) is 36.3. The van der Waals surface area contributed by atoms with Crippen LogP contribution in [-0.4, -0.2) is 36.1 Å². The fraction of sp³-hybridized carbons (Fsp3) is 0.222. The summed E-state index contributed by atoms with van der Waals surface area (Å²) in [6, 6.07) is 16.2. The van der Waals surface area contributed by atoms with Crippen LogP contribution in [0.1, 0.15) is 35.3 Å². The van der Waals surface area contributed by atoms with Crippen molar-refractivity contribution in [3.63, 3.8) is 0 Å². The molecule has 198 valence electrons. The van der Waals surface area contributed by atoms with Gasteiger partial charge in [-0.15, -0.1) is 0 Å². The topological polar surface area (TPSA) is 132 Å². The summed E-state index contributed by atoms with van der Waals surface area (Å²) in [5, 5.41) is 18.0. The average molecular weight is 523 g/mol. The molecule has 2 amide bonds. The number of methoxy groups -OCH3 is 1. The van der Waals surface area contributed by atoms with Gasteiger partial charge in [-0.3, -0.25) is 19.7 Å². The molecule has 0 aliphatic carbocycles. The van der Waals surface area contributed by atoms with Gasteiger partial charge in [0.25, 0.3) is 17.5 Å². The lowest BCUT2D eigenvalue weighted by Gasteiger charge is -2.20. The first-order valence-electron chi connectivity index (χ1n) is 11.6. The number of halogens is 1. The molecule has 11 heteroatoms. The van der Waals surface area contributed by atoms with Crippen molar-refractivity contribution < 1.29 is 28.4 Å². The average Bonchev–Trinajstić information content (AvgIpc) is 2.90. The van der Waals surface area contributed by atoms with E-state index >= 15 is 0 Å². The van der Waals surface area contributed by atoms with Gasteiger partial charge < -0.3 is 14.8 Å². The zero-order chi connectivity index (χ0) is 27.7. The number of nitrogens with one attached hydrogen (secondary N) is 2. The van der Waals surface area contributed by atoms with Crippen molar-refractivity contribution in [2.24, 2.45) is 11.0 Å². The number of carbonyl (C=O) groups is 2. The van der Waals surface area contributed by atoms with Crippen LogP contribution in [0.25, 0.3) is 0 Å². The Bertz CT molecular complexity index is 1330. The van der Waals surface area contributed by atoms with Gasteiger partial charge in [0.1, 0.15) is 18.5 Å². The molecule has 38 heavy (non-hydrogen) atoms. The van der Waals surface area contributed by atoms with Crippen LogP contribution in [0.2, 0.25) is 0 Å². The SMILES string of the molecule is COc1cc(C=NNC(=O)C(NC(=O)c2ccccc2F)C(C)C)c([N+](=O)[O-])cc1OCc1ccccc1. The molecular weight excluding hydrogens is 495 g/mol. The Kier molecular flexibility index (Phi) is 9.47. The van der Waals surface area contributed by atoms with Crippen molar-refractivity contribution in [1.82, 2.24) is 10.7 Å². The van der Waals surface area contributed by atoms with Gasteiger partial charge >= 0.3 is 0 Å². The summed E-state index contributed by atoms with van der Waals surface area (Å²) < 4.78 is 25.0. The highest BCUT2D eigenvalue weighted by Gasteiger charge is 2.26. The molecule has 0 aliphatic rings. The van der Waals surface area contributed by atoms with Crippen LogP contribution >= 0.6 is 0 Å². The summed E-state index contributed by atoms with van der Waals surface area (Å²) in [5.41, 5.74) is 2.67. The second-order valence-corrected chi connectivity index (χ2v) is 8.50. The predicted molar refractivity (Wildman–Crippen MR) is 139 cm³/mol. The largest absolute Gasteiger partial charge is 0.493 e. The van der Waals surface area contributed by atoms with Gasteiger partial charge in [-0.2, -0.15) is 5.10 Å². The minimum Gasteiger partial charge on any atom is -0.493 e. The molecule has 3 rings (SSSR count). The van der Waals surface area contributed by atoms with Gasteiger partial charge in [-0.05, 0) is 29.7 Å². The van der Waals surface area contributed by atoms with Gasteiger partial charge in [0, 0.05) is 0 Å². The fourth-order valence-corrected chi connectivity index (χ4v) is 3.47. The van der Waals surface area contributed by atoms with Crippen molar-refractivity contribution in [3.05, 3.63) is 99.4 Å². The van der Waals surface area contributed by atoms with E-state index in [9.17, 15) is 24.1 Å². The molecule has 0 aliphatic heterocycles. The number of carbonyl (C=O) groups excluding carboxylic acids is 2.